The Labute approximate surface area is 128 Å². The molecule has 0 aromatic heterocycles. The highest BCUT2D eigenvalue weighted by Crippen LogP contribution is 2.25. The van der Waals surface area contributed by atoms with Crippen molar-refractivity contribution >= 4 is 23.2 Å². The molecule has 0 unspecified atom stereocenters. The van der Waals surface area contributed by atoms with Gasteiger partial charge in [-0.05, 0) is 32.0 Å². The van der Waals surface area contributed by atoms with Crippen molar-refractivity contribution in [1.82, 2.24) is 0 Å². The summed E-state index contributed by atoms with van der Waals surface area (Å²) in [5.74, 6) is -0.547. The van der Waals surface area contributed by atoms with E-state index in [0.717, 1.165) is 0 Å². The maximum atomic E-state index is 11.9. The number of hydrogen-bond donors (Lipinski definition) is 2. The van der Waals surface area contributed by atoms with Crippen LogP contribution < -0.4 is 16.0 Å². The van der Waals surface area contributed by atoms with Gasteiger partial charge in [-0.15, -0.1) is 0 Å². The molecule has 0 bridgehead atoms. The third kappa shape index (κ3) is 3.42. The Bertz CT molecular complexity index is 643. The van der Waals surface area contributed by atoms with Crippen LogP contribution in [-0.4, -0.2) is 37.1 Å². The van der Waals surface area contributed by atoms with E-state index in [1.807, 2.05) is 6.07 Å². The standard InChI is InChI=1S/C15H18N4O3/c1-15(2,17)14(21)18-11-3-4-12(10(7-11)8-16)19-5-6-22-9-13(19)20/h3-4,7H,5-6,9,17H2,1-2H3,(H,18,21). The largest absolute Gasteiger partial charge is 0.370 e. The van der Waals surface area contributed by atoms with Gasteiger partial charge in [0, 0.05) is 12.2 Å². The SMILES string of the molecule is CC(C)(N)C(=O)Nc1ccc(N2CCOCC2=O)c(C#N)c1. The zero-order valence-corrected chi connectivity index (χ0v) is 12.5. The monoisotopic (exact) mass is 302 g/mol. The number of ether oxygens (including phenoxy) is 1. The van der Waals surface area contributed by atoms with E-state index < -0.39 is 5.54 Å². The third-order valence-electron chi connectivity index (χ3n) is 3.24. The number of anilines is 2. The van der Waals surface area contributed by atoms with Gasteiger partial charge in [0.15, 0.2) is 0 Å². The van der Waals surface area contributed by atoms with Crippen LogP contribution in [0, 0.1) is 11.3 Å². The topological polar surface area (TPSA) is 108 Å². The van der Waals surface area contributed by atoms with E-state index >= 15 is 0 Å². The Morgan fingerprint density at radius 2 is 2.23 bits per heavy atom. The Morgan fingerprint density at radius 1 is 1.50 bits per heavy atom. The lowest BCUT2D eigenvalue weighted by Gasteiger charge is -2.27. The van der Waals surface area contributed by atoms with Gasteiger partial charge in [-0.25, -0.2) is 0 Å². The maximum Gasteiger partial charge on any atom is 0.253 e. The van der Waals surface area contributed by atoms with Gasteiger partial charge in [0.25, 0.3) is 5.91 Å². The molecule has 1 saturated heterocycles. The van der Waals surface area contributed by atoms with Crippen LogP contribution in [0.5, 0.6) is 0 Å². The normalized spacial score (nSPS) is 15.4. The number of rotatable bonds is 3. The number of benzene rings is 1. The minimum Gasteiger partial charge on any atom is -0.370 e. The molecule has 0 radical (unpaired) electrons. The van der Waals surface area contributed by atoms with Gasteiger partial charge in [0.2, 0.25) is 5.91 Å². The van der Waals surface area contributed by atoms with Crippen LogP contribution in [0.1, 0.15) is 19.4 Å². The van der Waals surface area contributed by atoms with Crippen molar-refractivity contribution in [1.29, 1.82) is 5.26 Å². The highest BCUT2D eigenvalue weighted by molar-refractivity contribution is 5.99. The molecule has 0 atom stereocenters. The number of carbonyl (C=O) groups is 2. The molecule has 0 aliphatic carbocycles. The smallest absolute Gasteiger partial charge is 0.253 e. The fourth-order valence-electron chi connectivity index (χ4n) is 2.00. The number of nitriles is 1. The Morgan fingerprint density at radius 3 is 2.82 bits per heavy atom. The van der Waals surface area contributed by atoms with Crippen molar-refractivity contribution in [3.8, 4) is 6.07 Å². The highest BCUT2D eigenvalue weighted by atomic mass is 16.5. The van der Waals surface area contributed by atoms with Crippen LogP contribution in [0.2, 0.25) is 0 Å². The molecule has 7 heteroatoms. The lowest BCUT2D eigenvalue weighted by atomic mass is 10.1. The van der Waals surface area contributed by atoms with Crippen molar-refractivity contribution in [2.24, 2.45) is 5.73 Å². The maximum absolute atomic E-state index is 11.9. The van der Waals surface area contributed by atoms with Crippen LogP contribution in [0.4, 0.5) is 11.4 Å². The minimum atomic E-state index is -1.02. The van der Waals surface area contributed by atoms with Gasteiger partial charge >= 0.3 is 0 Å². The predicted molar refractivity (Wildman–Crippen MR) is 81.2 cm³/mol. The Balaban J connectivity index is 2.27. The molecule has 3 N–H and O–H groups in total. The zero-order valence-electron chi connectivity index (χ0n) is 12.5. The number of amides is 2. The number of carbonyl (C=O) groups excluding carboxylic acids is 2. The second kappa shape index (κ2) is 6.13. The molecule has 1 aliphatic rings. The van der Waals surface area contributed by atoms with E-state index in [1.165, 1.54) is 11.0 Å². The summed E-state index contributed by atoms with van der Waals surface area (Å²) in [5.41, 5.74) is 5.98. The van der Waals surface area contributed by atoms with Crippen molar-refractivity contribution in [2.45, 2.75) is 19.4 Å². The zero-order chi connectivity index (χ0) is 16.3. The van der Waals surface area contributed by atoms with E-state index in [2.05, 4.69) is 5.32 Å². The highest BCUT2D eigenvalue weighted by Gasteiger charge is 2.24. The van der Waals surface area contributed by atoms with Crippen molar-refractivity contribution in [2.75, 3.05) is 30.0 Å². The van der Waals surface area contributed by atoms with Gasteiger partial charge in [0.1, 0.15) is 12.7 Å². The molecule has 1 aliphatic heterocycles. The van der Waals surface area contributed by atoms with Crippen molar-refractivity contribution < 1.29 is 14.3 Å². The van der Waals surface area contributed by atoms with E-state index in [4.69, 9.17) is 10.5 Å². The first-order chi connectivity index (χ1) is 10.3. The van der Waals surface area contributed by atoms with Gasteiger partial charge in [0.05, 0.1) is 23.4 Å². The fourth-order valence-corrected chi connectivity index (χ4v) is 2.00. The fraction of sp³-hybridized carbons (Fsp3) is 0.400. The summed E-state index contributed by atoms with van der Waals surface area (Å²) in [6.07, 6.45) is 0. The molecule has 1 aromatic carbocycles. The lowest BCUT2D eigenvalue weighted by molar-refractivity contribution is -0.125. The molecule has 7 nitrogen and oxygen atoms in total. The summed E-state index contributed by atoms with van der Waals surface area (Å²) in [6.45, 7) is 4.01. The molecule has 1 aromatic rings. The molecule has 2 amide bonds. The summed E-state index contributed by atoms with van der Waals surface area (Å²) in [6, 6.07) is 6.86. The van der Waals surface area contributed by atoms with E-state index in [9.17, 15) is 14.9 Å². The van der Waals surface area contributed by atoms with Crippen LogP contribution in [-0.2, 0) is 14.3 Å². The summed E-state index contributed by atoms with van der Waals surface area (Å²) < 4.78 is 5.08. The molecular formula is C15H18N4O3. The predicted octanol–water partition coefficient (Wildman–Crippen LogP) is 0.597. The molecule has 0 saturated carbocycles. The van der Waals surface area contributed by atoms with Crippen LogP contribution in [0.25, 0.3) is 0 Å². The number of nitrogens with one attached hydrogen (secondary N) is 1. The summed E-state index contributed by atoms with van der Waals surface area (Å²) >= 11 is 0. The molecule has 0 spiro atoms. The number of hydrogen-bond acceptors (Lipinski definition) is 5. The molecule has 1 fully saturated rings. The number of nitrogens with zero attached hydrogens (tertiary/aromatic N) is 2. The second-order valence-electron chi connectivity index (χ2n) is 5.62. The van der Waals surface area contributed by atoms with Gasteiger partial charge < -0.3 is 20.7 Å². The first-order valence-corrected chi connectivity index (χ1v) is 6.85. The average Bonchev–Trinajstić information content (AvgIpc) is 2.47. The van der Waals surface area contributed by atoms with Gasteiger partial charge in [-0.3, -0.25) is 9.59 Å². The third-order valence-corrected chi connectivity index (χ3v) is 3.24. The molecule has 116 valence electrons. The molecule has 1 heterocycles. The first-order valence-electron chi connectivity index (χ1n) is 6.85. The van der Waals surface area contributed by atoms with Crippen LogP contribution in [0.15, 0.2) is 18.2 Å². The quantitative estimate of drug-likeness (QED) is 0.849. The summed E-state index contributed by atoms with van der Waals surface area (Å²) in [5, 5.41) is 12.0. The van der Waals surface area contributed by atoms with Gasteiger partial charge in [-0.2, -0.15) is 5.26 Å². The van der Waals surface area contributed by atoms with Gasteiger partial charge in [-0.1, -0.05) is 0 Å². The Kier molecular flexibility index (Phi) is 4.45. The summed E-state index contributed by atoms with van der Waals surface area (Å²) in [4.78, 5) is 25.2. The van der Waals surface area contributed by atoms with Crippen LogP contribution >= 0.6 is 0 Å². The molecule has 2 rings (SSSR count). The van der Waals surface area contributed by atoms with E-state index in [0.29, 0.717) is 30.1 Å². The lowest BCUT2D eigenvalue weighted by Crippen LogP contribution is -2.45. The van der Waals surface area contributed by atoms with Crippen molar-refractivity contribution in [3.05, 3.63) is 23.8 Å². The average molecular weight is 302 g/mol. The molecule has 22 heavy (non-hydrogen) atoms. The number of nitrogens with two attached hydrogens (primary N) is 1. The minimum absolute atomic E-state index is 0.00468. The first kappa shape index (κ1) is 15.9. The Hall–Kier alpha value is -2.43. The summed E-state index contributed by atoms with van der Waals surface area (Å²) in [7, 11) is 0. The van der Waals surface area contributed by atoms with Crippen molar-refractivity contribution in [3.63, 3.8) is 0 Å². The van der Waals surface area contributed by atoms with Crippen LogP contribution in [0.3, 0.4) is 0 Å². The number of morpholine rings is 1. The van der Waals surface area contributed by atoms with E-state index in [1.54, 1.807) is 26.0 Å². The second-order valence-corrected chi connectivity index (χ2v) is 5.62. The van der Waals surface area contributed by atoms with E-state index in [-0.39, 0.29) is 18.4 Å². The molecular weight excluding hydrogens is 284 g/mol.